The van der Waals surface area contributed by atoms with Crippen molar-refractivity contribution in [2.24, 2.45) is 0 Å². The van der Waals surface area contributed by atoms with E-state index in [-0.39, 0.29) is 11.3 Å². The van der Waals surface area contributed by atoms with E-state index in [2.05, 4.69) is 5.32 Å². The van der Waals surface area contributed by atoms with Gasteiger partial charge in [-0.05, 0) is 16.8 Å². The molecular formula is C19H16ClNO4. The monoisotopic (exact) mass is 357 g/mol. The first-order valence-electron chi connectivity index (χ1n) is 7.48. The number of benzene rings is 3. The standard InChI is InChI=1S/C19H16ClNO4/c1-24-16-10-14(17(25-2)9-13(16)20)21-19(23)18-12-6-4-3-5-11(12)7-8-15(18)22/h3-10,22H,1-2H3,(H,21,23). The van der Waals surface area contributed by atoms with Gasteiger partial charge in [0, 0.05) is 12.1 Å². The molecule has 3 aromatic rings. The maximum absolute atomic E-state index is 12.8. The molecule has 0 atom stereocenters. The zero-order chi connectivity index (χ0) is 18.0. The van der Waals surface area contributed by atoms with Crippen molar-refractivity contribution in [3.05, 3.63) is 59.1 Å². The number of hydrogen-bond acceptors (Lipinski definition) is 4. The molecular weight excluding hydrogens is 342 g/mol. The van der Waals surface area contributed by atoms with Crippen LogP contribution in [0.1, 0.15) is 10.4 Å². The minimum atomic E-state index is -0.461. The third-order valence-electron chi connectivity index (χ3n) is 3.86. The summed E-state index contributed by atoms with van der Waals surface area (Å²) in [6.07, 6.45) is 0. The lowest BCUT2D eigenvalue weighted by Gasteiger charge is -2.14. The highest BCUT2D eigenvalue weighted by Gasteiger charge is 2.18. The van der Waals surface area contributed by atoms with E-state index in [1.54, 1.807) is 24.3 Å². The molecule has 1 amide bonds. The Morgan fingerprint density at radius 3 is 2.48 bits per heavy atom. The number of fused-ring (bicyclic) bond motifs is 1. The van der Waals surface area contributed by atoms with Crippen LogP contribution in [0.25, 0.3) is 10.8 Å². The van der Waals surface area contributed by atoms with Crippen LogP contribution in [0.4, 0.5) is 5.69 Å². The molecule has 3 rings (SSSR count). The second-order valence-corrected chi connectivity index (χ2v) is 5.73. The Morgan fingerprint density at radius 1 is 1.04 bits per heavy atom. The minimum absolute atomic E-state index is 0.101. The number of hydrogen-bond donors (Lipinski definition) is 2. The molecule has 6 heteroatoms. The molecule has 0 unspecified atom stereocenters. The summed E-state index contributed by atoms with van der Waals surface area (Å²) >= 11 is 6.08. The number of amides is 1. The predicted molar refractivity (Wildman–Crippen MR) is 98.1 cm³/mol. The van der Waals surface area contributed by atoms with Crippen LogP contribution in [-0.4, -0.2) is 25.2 Å². The second kappa shape index (κ2) is 6.91. The molecule has 0 heterocycles. The van der Waals surface area contributed by atoms with E-state index >= 15 is 0 Å². The van der Waals surface area contributed by atoms with Gasteiger partial charge in [-0.1, -0.05) is 41.9 Å². The number of aromatic hydroxyl groups is 1. The quantitative estimate of drug-likeness (QED) is 0.723. The highest BCUT2D eigenvalue weighted by Crippen LogP contribution is 2.37. The molecule has 0 aliphatic carbocycles. The molecule has 0 radical (unpaired) electrons. The first-order valence-corrected chi connectivity index (χ1v) is 7.86. The van der Waals surface area contributed by atoms with Crippen molar-refractivity contribution in [2.75, 3.05) is 19.5 Å². The lowest BCUT2D eigenvalue weighted by molar-refractivity contribution is 0.102. The van der Waals surface area contributed by atoms with Crippen LogP contribution >= 0.6 is 11.6 Å². The minimum Gasteiger partial charge on any atom is -0.507 e. The Kier molecular flexibility index (Phi) is 4.67. The molecule has 0 aliphatic rings. The van der Waals surface area contributed by atoms with Gasteiger partial charge in [0.25, 0.3) is 5.91 Å². The number of ether oxygens (including phenoxy) is 2. The summed E-state index contributed by atoms with van der Waals surface area (Å²) in [6, 6.07) is 13.7. The van der Waals surface area contributed by atoms with Crippen molar-refractivity contribution in [2.45, 2.75) is 0 Å². The molecule has 0 saturated heterocycles. The second-order valence-electron chi connectivity index (χ2n) is 5.32. The summed E-state index contributed by atoms with van der Waals surface area (Å²) in [6.45, 7) is 0. The first kappa shape index (κ1) is 16.9. The van der Waals surface area contributed by atoms with Crippen molar-refractivity contribution in [1.29, 1.82) is 0 Å². The molecule has 0 bridgehead atoms. The molecule has 0 aliphatic heterocycles. The maximum Gasteiger partial charge on any atom is 0.260 e. The van der Waals surface area contributed by atoms with E-state index in [1.165, 1.54) is 20.3 Å². The van der Waals surface area contributed by atoms with E-state index in [9.17, 15) is 9.90 Å². The third-order valence-corrected chi connectivity index (χ3v) is 4.15. The summed E-state index contributed by atoms with van der Waals surface area (Å²) in [5.41, 5.74) is 0.579. The van der Waals surface area contributed by atoms with E-state index in [1.807, 2.05) is 18.2 Å². The molecule has 5 nitrogen and oxygen atoms in total. The van der Waals surface area contributed by atoms with Gasteiger partial charge in [-0.2, -0.15) is 0 Å². The number of carbonyl (C=O) groups is 1. The SMILES string of the molecule is COc1cc(NC(=O)c2c(O)ccc3ccccc23)c(OC)cc1Cl. The van der Waals surface area contributed by atoms with Crippen molar-refractivity contribution >= 4 is 34.0 Å². The predicted octanol–water partition coefficient (Wildman–Crippen LogP) is 4.47. The summed E-state index contributed by atoms with van der Waals surface area (Å²) in [5, 5.41) is 14.8. The van der Waals surface area contributed by atoms with E-state index in [0.29, 0.717) is 27.6 Å². The smallest absolute Gasteiger partial charge is 0.260 e. The van der Waals surface area contributed by atoms with Gasteiger partial charge in [-0.3, -0.25) is 4.79 Å². The van der Waals surface area contributed by atoms with Crippen LogP contribution in [0.15, 0.2) is 48.5 Å². The Balaban J connectivity index is 2.05. The van der Waals surface area contributed by atoms with Gasteiger partial charge in [-0.25, -0.2) is 0 Å². The molecule has 2 N–H and O–H groups in total. The first-order chi connectivity index (χ1) is 12.0. The topological polar surface area (TPSA) is 67.8 Å². The Hall–Kier alpha value is -2.92. The summed E-state index contributed by atoms with van der Waals surface area (Å²) < 4.78 is 10.4. The zero-order valence-electron chi connectivity index (χ0n) is 13.7. The molecule has 0 aromatic heterocycles. The average molecular weight is 358 g/mol. The number of halogens is 1. The van der Waals surface area contributed by atoms with Crippen LogP contribution in [0.5, 0.6) is 17.2 Å². The zero-order valence-corrected chi connectivity index (χ0v) is 14.4. The Bertz CT molecular complexity index is 956. The van der Waals surface area contributed by atoms with Crippen LogP contribution < -0.4 is 14.8 Å². The van der Waals surface area contributed by atoms with Crippen LogP contribution in [-0.2, 0) is 0 Å². The molecule has 128 valence electrons. The van der Waals surface area contributed by atoms with Crippen molar-refractivity contribution in [3.8, 4) is 17.2 Å². The van der Waals surface area contributed by atoms with Gasteiger partial charge in [0.2, 0.25) is 0 Å². The molecule has 25 heavy (non-hydrogen) atoms. The van der Waals surface area contributed by atoms with Gasteiger partial charge in [0.1, 0.15) is 17.2 Å². The van der Waals surface area contributed by atoms with E-state index in [4.69, 9.17) is 21.1 Å². The average Bonchev–Trinajstić information content (AvgIpc) is 2.62. The number of carbonyl (C=O) groups excluding carboxylic acids is 1. The molecule has 0 fully saturated rings. The largest absolute Gasteiger partial charge is 0.507 e. The number of rotatable bonds is 4. The normalized spacial score (nSPS) is 10.5. The van der Waals surface area contributed by atoms with Gasteiger partial charge in [-0.15, -0.1) is 0 Å². The van der Waals surface area contributed by atoms with Gasteiger partial charge >= 0.3 is 0 Å². The summed E-state index contributed by atoms with van der Waals surface area (Å²) in [5.74, 6) is 0.229. The van der Waals surface area contributed by atoms with Crippen molar-refractivity contribution in [1.82, 2.24) is 0 Å². The Morgan fingerprint density at radius 2 is 1.76 bits per heavy atom. The number of methoxy groups -OCH3 is 2. The summed E-state index contributed by atoms with van der Waals surface area (Å²) in [4.78, 5) is 12.8. The van der Waals surface area contributed by atoms with Gasteiger partial charge in [0.05, 0.1) is 30.5 Å². The van der Waals surface area contributed by atoms with Gasteiger partial charge < -0.3 is 19.9 Å². The van der Waals surface area contributed by atoms with Crippen LogP contribution in [0.3, 0.4) is 0 Å². The molecule has 3 aromatic carbocycles. The number of phenols is 1. The molecule has 0 spiro atoms. The van der Waals surface area contributed by atoms with Crippen LogP contribution in [0, 0.1) is 0 Å². The molecule has 0 saturated carbocycles. The fourth-order valence-corrected chi connectivity index (χ4v) is 2.87. The van der Waals surface area contributed by atoms with Crippen molar-refractivity contribution < 1.29 is 19.4 Å². The fourth-order valence-electron chi connectivity index (χ4n) is 2.64. The van der Waals surface area contributed by atoms with Crippen molar-refractivity contribution in [3.63, 3.8) is 0 Å². The van der Waals surface area contributed by atoms with Crippen LogP contribution in [0.2, 0.25) is 5.02 Å². The lowest BCUT2D eigenvalue weighted by Crippen LogP contribution is -2.13. The highest BCUT2D eigenvalue weighted by atomic mass is 35.5. The maximum atomic E-state index is 12.8. The Labute approximate surface area is 149 Å². The van der Waals surface area contributed by atoms with E-state index < -0.39 is 5.91 Å². The van der Waals surface area contributed by atoms with Gasteiger partial charge in [0.15, 0.2) is 0 Å². The highest BCUT2D eigenvalue weighted by molar-refractivity contribution is 6.32. The summed E-state index contributed by atoms with van der Waals surface area (Å²) in [7, 11) is 2.96. The fraction of sp³-hybridized carbons (Fsp3) is 0.105. The lowest BCUT2D eigenvalue weighted by atomic mass is 10.0. The number of anilines is 1. The number of nitrogens with one attached hydrogen (secondary N) is 1. The van der Waals surface area contributed by atoms with E-state index in [0.717, 1.165) is 5.39 Å². The number of phenolic OH excluding ortho intramolecular Hbond substituents is 1. The third kappa shape index (κ3) is 3.19.